The zero-order valence-corrected chi connectivity index (χ0v) is 22.3. The topological polar surface area (TPSA) is 123 Å². The molecule has 4 aromatic rings. The molecule has 1 aliphatic heterocycles. The van der Waals surface area contributed by atoms with Crippen molar-refractivity contribution in [2.75, 3.05) is 12.3 Å². The molecule has 2 N–H and O–H groups in total. The van der Waals surface area contributed by atoms with Crippen LogP contribution < -0.4 is 10.5 Å². The van der Waals surface area contributed by atoms with Crippen molar-refractivity contribution in [1.29, 1.82) is 5.26 Å². The Morgan fingerprint density at radius 1 is 1.22 bits per heavy atom. The predicted molar refractivity (Wildman–Crippen MR) is 145 cm³/mol. The number of hydrogen-bond donors (Lipinski definition) is 1. The largest absolute Gasteiger partial charge is 0.454 e. The first-order chi connectivity index (χ1) is 19.7. The lowest BCUT2D eigenvalue weighted by atomic mass is 10.1. The van der Waals surface area contributed by atoms with E-state index in [1.807, 2.05) is 19.9 Å². The molecule has 3 heterocycles. The number of halogens is 3. The van der Waals surface area contributed by atoms with Gasteiger partial charge in [0, 0.05) is 18.2 Å². The van der Waals surface area contributed by atoms with Crippen LogP contribution >= 0.6 is 0 Å². The zero-order chi connectivity index (χ0) is 29.3. The molecular formula is C29H26F3N7O2. The Bertz CT molecular complexity index is 1710. The summed E-state index contributed by atoms with van der Waals surface area (Å²) in [6.07, 6.45) is 4.35. The van der Waals surface area contributed by atoms with Crippen molar-refractivity contribution in [3.63, 3.8) is 0 Å². The highest BCUT2D eigenvalue weighted by Crippen LogP contribution is 2.35. The number of anilines is 1. The van der Waals surface area contributed by atoms with Crippen molar-refractivity contribution in [3.8, 4) is 28.8 Å². The van der Waals surface area contributed by atoms with E-state index in [1.54, 1.807) is 15.7 Å². The summed E-state index contributed by atoms with van der Waals surface area (Å²) >= 11 is 0. The van der Waals surface area contributed by atoms with Crippen LogP contribution in [-0.2, 0) is 11.3 Å². The van der Waals surface area contributed by atoms with E-state index in [4.69, 9.17) is 10.5 Å². The summed E-state index contributed by atoms with van der Waals surface area (Å²) in [5, 5.41) is 14.5. The third kappa shape index (κ3) is 5.43. The number of benzene rings is 2. The maximum Gasteiger partial charge on any atom is 0.264 e. The number of nitrogen functional groups attached to an aromatic ring is 1. The second-order valence-electron chi connectivity index (χ2n) is 10.0. The molecule has 0 spiro atoms. The van der Waals surface area contributed by atoms with Gasteiger partial charge in [-0.15, -0.1) is 0 Å². The van der Waals surface area contributed by atoms with E-state index in [1.165, 1.54) is 30.6 Å². The lowest BCUT2D eigenvalue weighted by molar-refractivity contribution is -0.127. The minimum absolute atomic E-state index is 0.0338. The Labute approximate surface area is 233 Å². The van der Waals surface area contributed by atoms with Crippen LogP contribution in [0.2, 0.25) is 0 Å². The lowest BCUT2D eigenvalue weighted by Crippen LogP contribution is -2.39. The lowest BCUT2D eigenvalue weighted by Gasteiger charge is -2.24. The molecule has 1 amide bonds. The Morgan fingerprint density at radius 2 is 2.02 bits per heavy atom. The predicted octanol–water partition coefficient (Wildman–Crippen LogP) is 5.38. The van der Waals surface area contributed by atoms with Gasteiger partial charge in [0.05, 0.1) is 18.0 Å². The average molecular weight is 562 g/mol. The van der Waals surface area contributed by atoms with Gasteiger partial charge in [-0.3, -0.25) is 4.79 Å². The van der Waals surface area contributed by atoms with Gasteiger partial charge in [0.1, 0.15) is 41.0 Å². The Hall–Kier alpha value is -4.92. The van der Waals surface area contributed by atoms with Crippen molar-refractivity contribution < 1.29 is 22.7 Å². The number of aromatic nitrogens is 4. The molecule has 9 nitrogen and oxygen atoms in total. The Balaban J connectivity index is 1.48. The average Bonchev–Trinajstić information content (AvgIpc) is 3.55. The van der Waals surface area contributed by atoms with Crippen LogP contribution in [-0.4, -0.2) is 43.1 Å². The second-order valence-corrected chi connectivity index (χ2v) is 10.0. The van der Waals surface area contributed by atoms with Gasteiger partial charge < -0.3 is 15.4 Å². The zero-order valence-electron chi connectivity index (χ0n) is 22.3. The third-order valence-corrected chi connectivity index (χ3v) is 6.77. The fourth-order valence-electron chi connectivity index (χ4n) is 4.92. The maximum atomic E-state index is 15.4. The number of nitrogens with two attached hydrogens (primary N) is 1. The second kappa shape index (κ2) is 11.3. The SMILES string of the molecule is CC(C)C=C(C#N)C(=O)N1CCC[C@H]1Cn1nc(-c2ccc(Oc3cccc(F)c3F)cc2F)c2c(N)ncnc21. The highest BCUT2D eigenvalue weighted by Gasteiger charge is 2.32. The van der Waals surface area contributed by atoms with Crippen LogP contribution in [0.5, 0.6) is 11.5 Å². The highest BCUT2D eigenvalue weighted by molar-refractivity contribution is 5.99. The van der Waals surface area contributed by atoms with Crippen molar-refractivity contribution >= 4 is 22.8 Å². The molecule has 0 saturated carbocycles. The smallest absolute Gasteiger partial charge is 0.264 e. The normalized spacial score (nSPS) is 15.5. The highest BCUT2D eigenvalue weighted by atomic mass is 19.2. The van der Waals surface area contributed by atoms with Crippen molar-refractivity contribution in [2.45, 2.75) is 39.3 Å². The molecule has 41 heavy (non-hydrogen) atoms. The molecule has 1 aliphatic rings. The van der Waals surface area contributed by atoms with Gasteiger partial charge in [-0.05, 0) is 43.0 Å². The van der Waals surface area contributed by atoms with Crippen molar-refractivity contribution in [3.05, 3.63) is 71.8 Å². The molecule has 1 saturated heterocycles. The molecule has 0 bridgehead atoms. The molecule has 2 aromatic carbocycles. The summed E-state index contributed by atoms with van der Waals surface area (Å²) in [7, 11) is 0. The van der Waals surface area contributed by atoms with E-state index in [0.717, 1.165) is 18.6 Å². The van der Waals surface area contributed by atoms with Gasteiger partial charge in [0.25, 0.3) is 5.91 Å². The van der Waals surface area contributed by atoms with Crippen LogP contribution in [0.15, 0.2) is 54.4 Å². The molecule has 5 rings (SSSR count). The molecule has 0 radical (unpaired) electrons. The minimum atomic E-state index is -1.19. The van der Waals surface area contributed by atoms with Crippen molar-refractivity contribution in [2.24, 2.45) is 5.92 Å². The van der Waals surface area contributed by atoms with Crippen LogP contribution in [0.3, 0.4) is 0 Å². The van der Waals surface area contributed by atoms with Gasteiger partial charge in [-0.25, -0.2) is 23.4 Å². The number of hydrogen-bond acceptors (Lipinski definition) is 7. The maximum absolute atomic E-state index is 15.4. The number of allylic oxidation sites excluding steroid dienone is 1. The van der Waals surface area contributed by atoms with Gasteiger partial charge in [-0.1, -0.05) is 26.0 Å². The summed E-state index contributed by atoms with van der Waals surface area (Å²) in [5.41, 5.74) is 6.85. The van der Waals surface area contributed by atoms with Gasteiger partial charge in [-0.2, -0.15) is 14.8 Å². The molecule has 1 fully saturated rings. The van der Waals surface area contributed by atoms with Crippen LogP contribution in [0, 0.1) is 34.7 Å². The molecule has 1 atom stereocenters. The number of ether oxygens (including phenoxy) is 1. The first-order valence-electron chi connectivity index (χ1n) is 13.0. The summed E-state index contributed by atoms with van der Waals surface area (Å²) in [6.45, 7) is 4.52. The van der Waals surface area contributed by atoms with E-state index >= 15 is 4.39 Å². The number of carbonyl (C=O) groups excluding carboxylic acids is 1. The summed E-state index contributed by atoms with van der Waals surface area (Å²) in [6, 6.07) is 9.01. The Morgan fingerprint density at radius 3 is 2.76 bits per heavy atom. The summed E-state index contributed by atoms with van der Waals surface area (Å²) in [4.78, 5) is 23.2. The molecule has 210 valence electrons. The molecule has 2 aromatic heterocycles. The van der Waals surface area contributed by atoms with Gasteiger partial charge in [0.15, 0.2) is 17.2 Å². The first-order valence-corrected chi connectivity index (χ1v) is 13.0. The van der Waals surface area contributed by atoms with Gasteiger partial charge in [0.2, 0.25) is 5.82 Å². The number of rotatable bonds is 7. The quantitative estimate of drug-likeness (QED) is 0.237. The summed E-state index contributed by atoms with van der Waals surface area (Å²) in [5.74, 6) is -3.68. The molecule has 0 aliphatic carbocycles. The van der Waals surface area contributed by atoms with Crippen LogP contribution in [0.1, 0.15) is 26.7 Å². The third-order valence-electron chi connectivity index (χ3n) is 6.77. The van der Waals surface area contributed by atoms with Gasteiger partial charge >= 0.3 is 0 Å². The minimum Gasteiger partial charge on any atom is -0.454 e. The van der Waals surface area contributed by atoms with E-state index in [2.05, 4.69) is 15.1 Å². The number of likely N-dealkylation sites (tertiary alicyclic amines) is 1. The standard InChI is InChI=1S/C29H26F3N7O2/c1-16(2)11-17(13-33)29(40)38-10-4-5-18(38)14-39-28-24(27(34)35-15-36-28)26(37-39)20-9-8-19(12-22(20)31)41-23-7-3-6-21(30)25(23)32/h3,6-9,11-12,15-16,18H,4-5,10,14H2,1-2H3,(H2,34,35,36)/t18-/m0/s1. The molecular weight excluding hydrogens is 535 g/mol. The number of nitriles is 1. The van der Waals surface area contributed by atoms with E-state index < -0.39 is 17.5 Å². The Kier molecular flexibility index (Phi) is 7.61. The number of carbonyl (C=O) groups is 1. The van der Waals surface area contributed by atoms with E-state index in [0.29, 0.717) is 24.0 Å². The number of nitrogens with zero attached hydrogens (tertiary/aromatic N) is 6. The van der Waals surface area contributed by atoms with Crippen LogP contribution in [0.4, 0.5) is 19.0 Å². The fraction of sp³-hybridized carbons (Fsp3) is 0.276. The van der Waals surface area contributed by atoms with E-state index in [9.17, 15) is 18.8 Å². The molecule has 0 unspecified atom stereocenters. The van der Waals surface area contributed by atoms with Crippen molar-refractivity contribution in [1.82, 2.24) is 24.6 Å². The summed E-state index contributed by atoms with van der Waals surface area (Å²) < 4.78 is 49.9. The fourth-order valence-corrected chi connectivity index (χ4v) is 4.92. The van der Waals surface area contributed by atoms with Crippen LogP contribution in [0.25, 0.3) is 22.3 Å². The first kappa shape index (κ1) is 27.6. The number of amides is 1. The monoisotopic (exact) mass is 561 g/mol. The number of fused-ring (bicyclic) bond motifs is 1. The van der Waals surface area contributed by atoms with E-state index in [-0.39, 0.29) is 58.6 Å². The molecule has 12 heteroatoms.